The maximum absolute atomic E-state index is 11.8. The van der Waals surface area contributed by atoms with Crippen molar-refractivity contribution in [2.24, 2.45) is 0 Å². The quantitative estimate of drug-likeness (QED) is 0.635. The Kier molecular flexibility index (Phi) is 8.49. The largest absolute Gasteiger partial charge is 0.316 e. The van der Waals surface area contributed by atoms with Crippen molar-refractivity contribution < 1.29 is 4.21 Å². The van der Waals surface area contributed by atoms with Crippen molar-refractivity contribution in [2.75, 3.05) is 12.8 Å². The van der Waals surface area contributed by atoms with Crippen LogP contribution in [-0.4, -0.2) is 28.3 Å². The van der Waals surface area contributed by atoms with Gasteiger partial charge >= 0.3 is 0 Å². The molecule has 0 aromatic rings. The van der Waals surface area contributed by atoms with Gasteiger partial charge in [-0.25, -0.2) is 0 Å². The highest BCUT2D eigenvalue weighted by Gasteiger charge is 2.18. The molecule has 0 fully saturated rings. The fraction of sp³-hybridized carbons (Fsp3) is 1.00. The highest BCUT2D eigenvalue weighted by atomic mass is 32.2. The molecule has 0 saturated carbocycles. The van der Waals surface area contributed by atoms with Crippen LogP contribution < -0.4 is 5.32 Å². The van der Waals surface area contributed by atoms with Gasteiger partial charge in [0.05, 0.1) is 0 Å². The highest BCUT2D eigenvalue weighted by Crippen LogP contribution is 2.08. The fourth-order valence-corrected chi connectivity index (χ4v) is 3.19. The summed E-state index contributed by atoms with van der Waals surface area (Å²) in [5.41, 5.74) is 0. The Balaban J connectivity index is 3.84. The lowest BCUT2D eigenvalue weighted by Gasteiger charge is -2.21. The molecule has 3 heteroatoms. The van der Waals surface area contributed by atoms with Crippen LogP contribution in [0.3, 0.4) is 0 Å². The Morgan fingerprint density at radius 2 is 1.93 bits per heavy atom. The van der Waals surface area contributed by atoms with E-state index in [9.17, 15) is 4.21 Å². The molecule has 0 amide bonds. The molecule has 0 aromatic carbocycles. The number of hydrogen-bond donors (Lipinski definition) is 1. The van der Waals surface area contributed by atoms with Gasteiger partial charge in [0.15, 0.2) is 0 Å². The first-order chi connectivity index (χ1) is 6.67. The van der Waals surface area contributed by atoms with Gasteiger partial charge in [0.2, 0.25) is 0 Å². The number of unbranched alkanes of at least 4 members (excludes halogenated alkanes) is 2. The lowest BCUT2D eigenvalue weighted by Crippen LogP contribution is -2.38. The van der Waals surface area contributed by atoms with Crippen LogP contribution in [0.5, 0.6) is 0 Å². The zero-order chi connectivity index (χ0) is 11.0. The smallest absolute Gasteiger partial charge is 0.0472 e. The van der Waals surface area contributed by atoms with E-state index in [1.54, 1.807) is 0 Å². The summed E-state index contributed by atoms with van der Waals surface area (Å²) in [4.78, 5) is 0. The van der Waals surface area contributed by atoms with E-state index in [2.05, 4.69) is 26.1 Å². The first kappa shape index (κ1) is 14.1. The normalized spacial score (nSPS) is 17.7. The third-order valence-corrected chi connectivity index (χ3v) is 4.59. The Labute approximate surface area is 91.3 Å². The summed E-state index contributed by atoms with van der Waals surface area (Å²) in [6.07, 6.45) is 4.56. The van der Waals surface area contributed by atoms with Crippen molar-refractivity contribution in [3.8, 4) is 0 Å². The molecule has 0 saturated heterocycles. The maximum Gasteiger partial charge on any atom is 0.0472 e. The van der Waals surface area contributed by atoms with Crippen molar-refractivity contribution in [3.05, 3.63) is 0 Å². The summed E-state index contributed by atoms with van der Waals surface area (Å²) in [7, 11) is 1.29. The average molecular weight is 219 g/mol. The van der Waals surface area contributed by atoms with Crippen molar-refractivity contribution in [1.82, 2.24) is 5.32 Å². The second-order valence-corrected chi connectivity index (χ2v) is 5.71. The van der Waals surface area contributed by atoms with E-state index in [4.69, 9.17) is 0 Å². The van der Waals surface area contributed by atoms with Gasteiger partial charge in [-0.15, -0.1) is 0 Å². The molecule has 0 spiro atoms. The number of hydrogen-bond acceptors (Lipinski definition) is 2. The third-order valence-electron chi connectivity index (χ3n) is 2.74. The van der Waals surface area contributed by atoms with Gasteiger partial charge in [-0.3, -0.25) is 4.21 Å². The Morgan fingerprint density at radius 3 is 2.36 bits per heavy atom. The number of rotatable bonds is 8. The Bertz CT molecular complexity index is 157. The van der Waals surface area contributed by atoms with Crippen LogP contribution in [-0.2, 0) is 10.8 Å². The molecule has 14 heavy (non-hydrogen) atoms. The Morgan fingerprint density at radius 1 is 1.29 bits per heavy atom. The Hall–Kier alpha value is 0.110. The molecule has 0 aliphatic heterocycles. The standard InChI is InChI=1S/C11H25NOS/c1-5-7-8-9-14(13)10(3)11(6-2)12-4/h10-12H,5-9H2,1-4H3. The van der Waals surface area contributed by atoms with Crippen LogP contribution in [0.15, 0.2) is 0 Å². The van der Waals surface area contributed by atoms with Gasteiger partial charge in [0, 0.05) is 27.8 Å². The molecule has 1 N–H and O–H groups in total. The van der Waals surface area contributed by atoms with Crippen LogP contribution >= 0.6 is 0 Å². The SMILES string of the molecule is CCCCCS(=O)C(C)C(CC)NC. The minimum absolute atomic E-state index is 0.279. The molecule has 3 unspecified atom stereocenters. The van der Waals surface area contributed by atoms with E-state index in [0.29, 0.717) is 6.04 Å². The van der Waals surface area contributed by atoms with E-state index < -0.39 is 10.8 Å². The minimum atomic E-state index is -0.659. The molecule has 0 aliphatic rings. The molecule has 0 heterocycles. The molecule has 86 valence electrons. The van der Waals surface area contributed by atoms with E-state index >= 15 is 0 Å². The van der Waals surface area contributed by atoms with Gasteiger partial charge in [-0.1, -0.05) is 26.7 Å². The van der Waals surface area contributed by atoms with Crippen LogP contribution in [0.1, 0.15) is 46.5 Å². The summed E-state index contributed by atoms with van der Waals surface area (Å²) in [5, 5.41) is 3.51. The van der Waals surface area contributed by atoms with Gasteiger partial charge in [0.1, 0.15) is 0 Å². The monoisotopic (exact) mass is 219 g/mol. The van der Waals surface area contributed by atoms with E-state index in [-0.39, 0.29) is 5.25 Å². The zero-order valence-electron chi connectivity index (χ0n) is 10.0. The molecule has 0 radical (unpaired) electrons. The number of nitrogens with one attached hydrogen (secondary N) is 1. The predicted molar refractivity (Wildman–Crippen MR) is 65.1 cm³/mol. The summed E-state index contributed by atoms with van der Waals surface area (Å²) in [6.45, 7) is 6.41. The van der Waals surface area contributed by atoms with Crippen molar-refractivity contribution in [3.63, 3.8) is 0 Å². The van der Waals surface area contributed by atoms with Gasteiger partial charge < -0.3 is 5.32 Å². The first-order valence-corrected chi connectivity index (χ1v) is 7.09. The minimum Gasteiger partial charge on any atom is -0.316 e. The van der Waals surface area contributed by atoms with E-state index in [1.165, 1.54) is 12.8 Å². The van der Waals surface area contributed by atoms with E-state index in [0.717, 1.165) is 18.6 Å². The van der Waals surface area contributed by atoms with E-state index in [1.807, 2.05) is 7.05 Å². The predicted octanol–water partition coefficient (Wildman–Crippen LogP) is 2.31. The molecule has 0 rings (SSSR count). The molecule has 0 aromatic heterocycles. The lowest BCUT2D eigenvalue weighted by atomic mass is 10.2. The summed E-state index contributed by atoms with van der Waals surface area (Å²) < 4.78 is 11.8. The average Bonchev–Trinajstić information content (AvgIpc) is 2.19. The van der Waals surface area contributed by atoms with Crippen LogP contribution in [0.4, 0.5) is 0 Å². The molecule has 0 aliphatic carbocycles. The third kappa shape index (κ3) is 5.11. The molecule has 2 nitrogen and oxygen atoms in total. The summed E-state index contributed by atoms with van der Waals surface area (Å²) >= 11 is 0. The molecular weight excluding hydrogens is 194 g/mol. The van der Waals surface area contributed by atoms with Crippen LogP contribution in [0, 0.1) is 0 Å². The topological polar surface area (TPSA) is 29.1 Å². The summed E-state index contributed by atoms with van der Waals surface area (Å²) in [6, 6.07) is 0.400. The molecule has 0 bridgehead atoms. The van der Waals surface area contributed by atoms with Crippen LogP contribution in [0.2, 0.25) is 0 Å². The second-order valence-electron chi connectivity index (χ2n) is 3.80. The molecule has 3 atom stereocenters. The maximum atomic E-state index is 11.8. The zero-order valence-corrected chi connectivity index (χ0v) is 10.8. The second kappa shape index (κ2) is 8.42. The highest BCUT2D eigenvalue weighted by molar-refractivity contribution is 7.85. The lowest BCUT2D eigenvalue weighted by molar-refractivity contribution is 0.528. The van der Waals surface area contributed by atoms with Gasteiger partial charge in [0.25, 0.3) is 0 Å². The first-order valence-electron chi connectivity index (χ1n) is 5.71. The van der Waals surface area contributed by atoms with Gasteiger partial charge in [-0.05, 0) is 26.8 Å². The fourth-order valence-electron chi connectivity index (χ4n) is 1.63. The van der Waals surface area contributed by atoms with Crippen LogP contribution in [0.25, 0.3) is 0 Å². The molecular formula is C11H25NOS. The summed E-state index contributed by atoms with van der Waals surface area (Å²) in [5.74, 6) is 0.868. The van der Waals surface area contributed by atoms with Gasteiger partial charge in [-0.2, -0.15) is 0 Å². The van der Waals surface area contributed by atoms with Crippen molar-refractivity contribution in [1.29, 1.82) is 0 Å². The van der Waals surface area contributed by atoms with Crippen molar-refractivity contribution in [2.45, 2.75) is 57.7 Å². The van der Waals surface area contributed by atoms with Crippen molar-refractivity contribution >= 4 is 10.8 Å².